The van der Waals surface area contributed by atoms with E-state index in [9.17, 15) is 18.4 Å². The van der Waals surface area contributed by atoms with Crippen LogP contribution in [0.5, 0.6) is 0 Å². The van der Waals surface area contributed by atoms with Crippen molar-refractivity contribution in [3.05, 3.63) is 58.4 Å². The molecule has 7 heteroatoms. The van der Waals surface area contributed by atoms with E-state index in [1.54, 1.807) is 6.92 Å². The van der Waals surface area contributed by atoms with Crippen molar-refractivity contribution in [1.29, 1.82) is 0 Å². The van der Waals surface area contributed by atoms with Crippen molar-refractivity contribution < 1.29 is 23.1 Å². The van der Waals surface area contributed by atoms with Gasteiger partial charge >= 0.3 is 5.97 Å². The van der Waals surface area contributed by atoms with Gasteiger partial charge in [0.1, 0.15) is 11.6 Å². The van der Waals surface area contributed by atoms with Crippen molar-refractivity contribution >= 4 is 23.6 Å². The van der Waals surface area contributed by atoms with Crippen molar-refractivity contribution in [3.63, 3.8) is 0 Å². The number of aromatic nitrogens is 1. The third-order valence-corrected chi connectivity index (χ3v) is 4.22. The minimum absolute atomic E-state index is 0.129. The molecule has 0 radical (unpaired) electrons. The molecule has 0 aliphatic carbocycles. The Labute approximate surface area is 156 Å². The zero-order valence-corrected chi connectivity index (χ0v) is 15.7. The number of ether oxygens (including phenoxy) is 1. The Morgan fingerprint density at radius 2 is 1.89 bits per heavy atom. The monoisotopic (exact) mass is 376 g/mol. The van der Waals surface area contributed by atoms with Gasteiger partial charge in [-0.25, -0.2) is 13.6 Å². The summed E-state index contributed by atoms with van der Waals surface area (Å²) in [6.45, 7) is 8.22. The standard InChI is InChI=1S/C20H22F2N2O3/c1-5-24-12(3)15(19(13(24)4)20(26)27-6-2)8-10-18(25)23-17-9-7-14(21)11-16(17)22/h7-11H,5-6H2,1-4H3,(H,23,25)/b10-8+. The highest BCUT2D eigenvalue weighted by Gasteiger charge is 2.22. The van der Waals surface area contributed by atoms with E-state index in [-0.39, 0.29) is 12.3 Å². The molecule has 1 amide bonds. The van der Waals surface area contributed by atoms with Gasteiger partial charge in [0.25, 0.3) is 0 Å². The zero-order valence-electron chi connectivity index (χ0n) is 15.7. The lowest BCUT2D eigenvalue weighted by Gasteiger charge is -2.05. The summed E-state index contributed by atoms with van der Waals surface area (Å²) in [5.74, 6) is -2.66. The molecule has 0 aliphatic rings. The average Bonchev–Trinajstić information content (AvgIpc) is 2.85. The summed E-state index contributed by atoms with van der Waals surface area (Å²) < 4.78 is 33.7. The Morgan fingerprint density at radius 1 is 1.19 bits per heavy atom. The van der Waals surface area contributed by atoms with Gasteiger partial charge in [0.2, 0.25) is 5.91 Å². The molecule has 1 aromatic carbocycles. The second-order valence-electron chi connectivity index (χ2n) is 5.87. The molecule has 0 unspecified atom stereocenters. The number of esters is 1. The van der Waals surface area contributed by atoms with Crippen LogP contribution < -0.4 is 5.32 Å². The second-order valence-corrected chi connectivity index (χ2v) is 5.87. The number of hydrogen-bond donors (Lipinski definition) is 1. The lowest BCUT2D eigenvalue weighted by atomic mass is 10.1. The minimum atomic E-state index is -0.867. The van der Waals surface area contributed by atoms with Gasteiger partial charge in [-0.3, -0.25) is 4.79 Å². The molecule has 27 heavy (non-hydrogen) atoms. The first-order valence-electron chi connectivity index (χ1n) is 8.61. The predicted molar refractivity (Wildman–Crippen MR) is 99.6 cm³/mol. The molecule has 0 bridgehead atoms. The van der Waals surface area contributed by atoms with Crippen LogP contribution in [0.25, 0.3) is 6.08 Å². The van der Waals surface area contributed by atoms with Gasteiger partial charge < -0.3 is 14.6 Å². The predicted octanol–water partition coefficient (Wildman–Crippen LogP) is 4.23. The summed E-state index contributed by atoms with van der Waals surface area (Å²) in [4.78, 5) is 24.4. The molecule has 1 aromatic heterocycles. The largest absolute Gasteiger partial charge is 0.462 e. The van der Waals surface area contributed by atoms with Crippen molar-refractivity contribution in [1.82, 2.24) is 4.57 Å². The van der Waals surface area contributed by atoms with E-state index >= 15 is 0 Å². The summed E-state index contributed by atoms with van der Waals surface area (Å²) in [6, 6.07) is 2.88. The maximum Gasteiger partial charge on any atom is 0.340 e. The zero-order chi connectivity index (χ0) is 20.1. The van der Waals surface area contributed by atoms with E-state index in [4.69, 9.17) is 4.74 Å². The molecule has 2 aromatic rings. The average molecular weight is 376 g/mol. The van der Waals surface area contributed by atoms with Gasteiger partial charge in [0, 0.05) is 35.6 Å². The number of halogens is 2. The lowest BCUT2D eigenvalue weighted by molar-refractivity contribution is -0.111. The fourth-order valence-electron chi connectivity index (χ4n) is 2.97. The number of carbonyl (C=O) groups excluding carboxylic acids is 2. The highest BCUT2D eigenvalue weighted by atomic mass is 19.1. The molecule has 5 nitrogen and oxygen atoms in total. The molecule has 0 saturated carbocycles. The molecule has 0 saturated heterocycles. The van der Waals surface area contributed by atoms with Crippen LogP contribution in [0.15, 0.2) is 24.3 Å². The van der Waals surface area contributed by atoms with Crippen molar-refractivity contribution in [3.8, 4) is 0 Å². The highest BCUT2D eigenvalue weighted by molar-refractivity contribution is 6.04. The van der Waals surface area contributed by atoms with E-state index in [1.165, 1.54) is 12.2 Å². The summed E-state index contributed by atoms with van der Waals surface area (Å²) in [7, 11) is 0. The fraction of sp³-hybridized carbons (Fsp3) is 0.300. The molecule has 1 heterocycles. The molecule has 0 spiro atoms. The number of rotatable bonds is 6. The molecular weight excluding hydrogens is 354 g/mol. The topological polar surface area (TPSA) is 60.3 Å². The Hall–Kier alpha value is -2.96. The summed E-state index contributed by atoms with van der Waals surface area (Å²) >= 11 is 0. The van der Waals surface area contributed by atoms with Gasteiger partial charge in [-0.2, -0.15) is 0 Å². The van der Waals surface area contributed by atoms with Gasteiger partial charge in [-0.1, -0.05) is 0 Å². The van der Waals surface area contributed by atoms with Gasteiger partial charge in [-0.05, 0) is 45.9 Å². The molecule has 0 aliphatic heterocycles. The van der Waals surface area contributed by atoms with Crippen LogP contribution in [0.4, 0.5) is 14.5 Å². The van der Waals surface area contributed by atoms with E-state index < -0.39 is 23.5 Å². The number of benzene rings is 1. The number of carbonyl (C=O) groups is 2. The van der Waals surface area contributed by atoms with Crippen LogP contribution in [0.1, 0.15) is 41.2 Å². The Morgan fingerprint density at radius 3 is 2.48 bits per heavy atom. The number of nitrogens with zero attached hydrogens (tertiary/aromatic N) is 1. The molecule has 2 rings (SSSR count). The maximum absolute atomic E-state index is 13.7. The highest BCUT2D eigenvalue weighted by Crippen LogP contribution is 2.25. The molecule has 144 valence electrons. The Kier molecular flexibility index (Phi) is 6.50. The Balaban J connectivity index is 2.32. The number of anilines is 1. The number of nitrogens with one attached hydrogen (secondary N) is 1. The first-order valence-corrected chi connectivity index (χ1v) is 8.61. The summed E-state index contributed by atoms with van der Waals surface area (Å²) in [5.41, 5.74) is 2.40. The lowest BCUT2D eigenvalue weighted by Crippen LogP contribution is -2.10. The smallest absolute Gasteiger partial charge is 0.340 e. The van der Waals surface area contributed by atoms with Crippen LogP contribution >= 0.6 is 0 Å². The van der Waals surface area contributed by atoms with Crippen LogP contribution in [0, 0.1) is 25.5 Å². The van der Waals surface area contributed by atoms with Gasteiger partial charge in [0.05, 0.1) is 17.9 Å². The SMILES string of the molecule is CCOC(=O)c1c(/C=C/C(=O)Nc2ccc(F)cc2F)c(C)n(CC)c1C. The molecular formula is C20H22F2N2O3. The first kappa shape index (κ1) is 20.4. The van der Waals surface area contributed by atoms with Crippen molar-refractivity contribution in [2.75, 3.05) is 11.9 Å². The minimum Gasteiger partial charge on any atom is -0.462 e. The molecule has 1 N–H and O–H groups in total. The Bertz CT molecular complexity index is 901. The normalized spacial score (nSPS) is 11.0. The van der Waals surface area contributed by atoms with Crippen LogP contribution in [-0.2, 0) is 16.1 Å². The second kappa shape index (κ2) is 8.62. The number of hydrogen-bond acceptors (Lipinski definition) is 3. The molecule has 0 atom stereocenters. The first-order chi connectivity index (χ1) is 12.8. The van der Waals surface area contributed by atoms with E-state index in [1.807, 2.05) is 25.3 Å². The van der Waals surface area contributed by atoms with Crippen molar-refractivity contribution in [2.24, 2.45) is 0 Å². The molecule has 0 fully saturated rings. The van der Waals surface area contributed by atoms with E-state index in [0.29, 0.717) is 23.7 Å². The van der Waals surface area contributed by atoms with Crippen molar-refractivity contribution in [2.45, 2.75) is 34.2 Å². The summed E-state index contributed by atoms with van der Waals surface area (Å²) in [5, 5.41) is 2.35. The summed E-state index contributed by atoms with van der Waals surface area (Å²) in [6.07, 6.45) is 2.70. The van der Waals surface area contributed by atoms with Crippen LogP contribution in [-0.4, -0.2) is 23.1 Å². The van der Waals surface area contributed by atoms with Crippen LogP contribution in [0.2, 0.25) is 0 Å². The van der Waals surface area contributed by atoms with Gasteiger partial charge in [-0.15, -0.1) is 0 Å². The fourth-order valence-corrected chi connectivity index (χ4v) is 2.97. The quantitative estimate of drug-likeness (QED) is 0.606. The third kappa shape index (κ3) is 4.42. The van der Waals surface area contributed by atoms with Crippen LogP contribution in [0.3, 0.4) is 0 Å². The van der Waals surface area contributed by atoms with Gasteiger partial charge in [0.15, 0.2) is 0 Å². The van der Waals surface area contributed by atoms with E-state index in [2.05, 4.69) is 5.32 Å². The third-order valence-electron chi connectivity index (χ3n) is 4.22. The number of amides is 1. The maximum atomic E-state index is 13.7. The van der Waals surface area contributed by atoms with E-state index in [0.717, 1.165) is 23.5 Å².